The van der Waals surface area contributed by atoms with Crippen molar-refractivity contribution in [1.82, 2.24) is 10.3 Å². The van der Waals surface area contributed by atoms with Gasteiger partial charge in [0.1, 0.15) is 0 Å². The van der Waals surface area contributed by atoms with Crippen LogP contribution in [0.3, 0.4) is 0 Å². The quantitative estimate of drug-likeness (QED) is 0.601. The average molecular weight is 350 g/mol. The number of rotatable bonds is 8. The molecule has 2 aromatic heterocycles. The van der Waals surface area contributed by atoms with Crippen LogP contribution in [0.1, 0.15) is 39.3 Å². The van der Waals surface area contributed by atoms with Gasteiger partial charge >= 0.3 is 0 Å². The molecule has 1 aromatic carbocycles. The van der Waals surface area contributed by atoms with E-state index >= 15 is 0 Å². The van der Waals surface area contributed by atoms with Gasteiger partial charge in [0.2, 0.25) is 0 Å². The highest BCUT2D eigenvalue weighted by molar-refractivity contribution is 7.09. The molecule has 0 spiro atoms. The molecule has 3 nitrogen and oxygen atoms in total. The first-order valence-electron chi connectivity index (χ1n) is 8.61. The molecular formula is C21H22N2OS. The third-order valence-corrected chi connectivity index (χ3v) is 4.99. The van der Waals surface area contributed by atoms with Gasteiger partial charge in [0.15, 0.2) is 0 Å². The van der Waals surface area contributed by atoms with Gasteiger partial charge < -0.3 is 5.32 Å². The number of carbonyl (C=O) groups is 1. The second-order valence-corrected chi connectivity index (χ2v) is 6.98. The van der Waals surface area contributed by atoms with Gasteiger partial charge in [-0.25, -0.2) is 0 Å². The number of nitrogens with zero attached hydrogens (tertiary/aromatic N) is 1. The van der Waals surface area contributed by atoms with E-state index in [1.807, 2.05) is 35.7 Å². The second-order valence-electron chi connectivity index (χ2n) is 5.95. The average Bonchev–Trinajstić information content (AvgIpc) is 3.18. The molecule has 0 atom stereocenters. The normalized spacial score (nSPS) is 10.6. The van der Waals surface area contributed by atoms with Crippen LogP contribution >= 0.6 is 11.3 Å². The van der Waals surface area contributed by atoms with Crippen LogP contribution in [-0.4, -0.2) is 10.9 Å². The molecule has 0 fully saturated rings. The number of nitrogens with one attached hydrogen (secondary N) is 1. The smallest absolute Gasteiger partial charge is 0.253 e. The zero-order valence-corrected chi connectivity index (χ0v) is 15.0. The minimum absolute atomic E-state index is 0.0421. The van der Waals surface area contributed by atoms with Crippen molar-refractivity contribution in [2.45, 2.75) is 32.2 Å². The Morgan fingerprint density at radius 3 is 2.60 bits per heavy atom. The lowest BCUT2D eigenvalue weighted by molar-refractivity contribution is 0.0950. The number of pyridine rings is 1. The summed E-state index contributed by atoms with van der Waals surface area (Å²) in [5, 5.41) is 5.01. The van der Waals surface area contributed by atoms with E-state index in [2.05, 4.69) is 34.6 Å². The third-order valence-electron chi connectivity index (χ3n) is 4.11. The molecule has 2 heterocycles. The minimum Gasteiger partial charge on any atom is -0.347 e. The Hall–Kier alpha value is -2.46. The monoisotopic (exact) mass is 350 g/mol. The van der Waals surface area contributed by atoms with E-state index in [-0.39, 0.29) is 5.91 Å². The van der Waals surface area contributed by atoms with Crippen LogP contribution in [-0.2, 0) is 19.4 Å². The van der Waals surface area contributed by atoms with Gasteiger partial charge in [0, 0.05) is 11.1 Å². The van der Waals surface area contributed by atoms with Gasteiger partial charge in [-0.3, -0.25) is 9.78 Å². The van der Waals surface area contributed by atoms with E-state index in [1.165, 1.54) is 5.56 Å². The number of aryl methyl sites for hydroxylation is 2. The number of unbranched alkanes of at least 4 members (excludes halogenated alkanes) is 1. The summed E-state index contributed by atoms with van der Waals surface area (Å²) in [6, 6.07) is 18.2. The van der Waals surface area contributed by atoms with Crippen LogP contribution < -0.4 is 5.32 Å². The molecule has 0 aliphatic carbocycles. The van der Waals surface area contributed by atoms with E-state index in [1.54, 1.807) is 17.5 Å². The van der Waals surface area contributed by atoms with E-state index in [0.29, 0.717) is 12.1 Å². The molecule has 0 aliphatic rings. The fourth-order valence-corrected chi connectivity index (χ4v) is 3.43. The zero-order valence-electron chi connectivity index (χ0n) is 14.2. The number of thiophene rings is 1. The zero-order chi connectivity index (χ0) is 17.3. The first-order chi connectivity index (χ1) is 12.3. The SMILES string of the molecule is O=C(NCc1cccs1)c1cccnc1CCCCc1ccccc1. The van der Waals surface area contributed by atoms with E-state index in [0.717, 1.165) is 36.3 Å². The van der Waals surface area contributed by atoms with Crippen LogP contribution in [0.5, 0.6) is 0 Å². The van der Waals surface area contributed by atoms with Crippen LogP contribution in [0.15, 0.2) is 66.2 Å². The Morgan fingerprint density at radius 2 is 1.80 bits per heavy atom. The Labute approximate surface area is 152 Å². The number of amides is 1. The Kier molecular flexibility index (Phi) is 6.35. The fourth-order valence-electron chi connectivity index (χ4n) is 2.79. The van der Waals surface area contributed by atoms with Gasteiger partial charge in [-0.15, -0.1) is 11.3 Å². The highest BCUT2D eigenvalue weighted by atomic mass is 32.1. The first kappa shape index (κ1) is 17.4. The van der Waals surface area contributed by atoms with Crippen molar-refractivity contribution in [2.75, 3.05) is 0 Å². The van der Waals surface area contributed by atoms with Crippen molar-refractivity contribution >= 4 is 17.2 Å². The fraction of sp³-hybridized carbons (Fsp3) is 0.238. The molecule has 3 aromatic rings. The van der Waals surface area contributed by atoms with Gasteiger partial charge in [-0.1, -0.05) is 36.4 Å². The van der Waals surface area contributed by atoms with Crippen molar-refractivity contribution < 1.29 is 4.79 Å². The van der Waals surface area contributed by atoms with E-state index < -0.39 is 0 Å². The first-order valence-corrected chi connectivity index (χ1v) is 9.49. The Morgan fingerprint density at radius 1 is 0.960 bits per heavy atom. The predicted molar refractivity (Wildman–Crippen MR) is 103 cm³/mol. The molecule has 3 rings (SSSR count). The third kappa shape index (κ3) is 5.26. The molecular weight excluding hydrogens is 328 g/mol. The summed E-state index contributed by atoms with van der Waals surface area (Å²) in [6.07, 6.45) is 5.78. The largest absolute Gasteiger partial charge is 0.347 e. The van der Waals surface area contributed by atoms with Gasteiger partial charge in [-0.2, -0.15) is 0 Å². The summed E-state index contributed by atoms with van der Waals surface area (Å²) in [6.45, 7) is 0.568. The summed E-state index contributed by atoms with van der Waals surface area (Å²) in [5.41, 5.74) is 2.94. The van der Waals surface area contributed by atoms with Crippen LogP contribution in [0.25, 0.3) is 0 Å². The summed E-state index contributed by atoms with van der Waals surface area (Å²) in [7, 11) is 0. The molecule has 0 radical (unpaired) electrons. The lowest BCUT2D eigenvalue weighted by atomic mass is 10.0. The molecule has 1 N–H and O–H groups in total. The highest BCUT2D eigenvalue weighted by Gasteiger charge is 2.11. The molecule has 4 heteroatoms. The topological polar surface area (TPSA) is 42.0 Å². The number of aromatic nitrogens is 1. The molecule has 0 unspecified atom stereocenters. The molecule has 0 saturated heterocycles. The molecule has 128 valence electrons. The van der Waals surface area contributed by atoms with E-state index in [4.69, 9.17) is 0 Å². The summed E-state index contributed by atoms with van der Waals surface area (Å²) < 4.78 is 0. The van der Waals surface area contributed by atoms with Crippen molar-refractivity contribution in [1.29, 1.82) is 0 Å². The maximum Gasteiger partial charge on any atom is 0.253 e. The maximum absolute atomic E-state index is 12.5. The summed E-state index contributed by atoms with van der Waals surface area (Å²) >= 11 is 1.65. The van der Waals surface area contributed by atoms with Crippen molar-refractivity contribution in [3.63, 3.8) is 0 Å². The van der Waals surface area contributed by atoms with Crippen molar-refractivity contribution in [3.8, 4) is 0 Å². The number of hydrogen-bond donors (Lipinski definition) is 1. The van der Waals surface area contributed by atoms with Gasteiger partial charge in [-0.05, 0) is 54.8 Å². The van der Waals surface area contributed by atoms with Crippen molar-refractivity contribution in [3.05, 3.63) is 87.9 Å². The standard InChI is InChI=1S/C21H22N2OS/c24-21(23-16-18-11-7-15-25-18)19-12-6-14-22-20(19)13-5-4-10-17-8-2-1-3-9-17/h1-3,6-9,11-12,14-15H,4-5,10,13,16H2,(H,23,24). The highest BCUT2D eigenvalue weighted by Crippen LogP contribution is 2.13. The Balaban J connectivity index is 1.52. The maximum atomic E-state index is 12.5. The Bertz CT molecular complexity index is 785. The summed E-state index contributed by atoms with van der Waals surface area (Å²) in [4.78, 5) is 18.1. The molecule has 0 aliphatic heterocycles. The van der Waals surface area contributed by atoms with Crippen molar-refractivity contribution in [2.24, 2.45) is 0 Å². The lowest BCUT2D eigenvalue weighted by Gasteiger charge is -2.09. The number of benzene rings is 1. The molecule has 0 saturated carbocycles. The minimum atomic E-state index is -0.0421. The lowest BCUT2D eigenvalue weighted by Crippen LogP contribution is -2.24. The number of hydrogen-bond acceptors (Lipinski definition) is 3. The summed E-state index contributed by atoms with van der Waals surface area (Å²) in [5.74, 6) is -0.0421. The van der Waals surface area contributed by atoms with E-state index in [9.17, 15) is 4.79 Å². The molecule has 25 heavy (non-hydrogen) atoms. The second kappa shape index (κ2) is 9.14. The van der Waals surface area contributed by atoms with Crippen LogP contribution in [0.2, 0.25) is 0 Å². The van der Waals surface area contributed by atoms with Gasteiger partial charge in [0.25, 0.3) is 5.91 Å². The molecule has 1 amide bonds. The predicted octanol–water partition coefficient (Wildman–Crippen LogP) is 4.64. The van der Waals surface area contributed by atoms with Crippen LogP contribution in [0.4, 0.5) is 0 Å². The van der Waals surface area contributed by atoms with Crippen LogP contribution in [0, 0.1) is 0 Å². The number of carbonyl (C=O) groups excluding carboxylic acids is 1. The molecule has 0 bridgehead atoms. The van der Waals surface area contributed by atoms with Gasteiger partial charge in [0.05, 0.1) is 17.8 Å².